The lowest BCUT2D eigenvalue weighted by atomic mass is 9.89. The third-order valence-corrected chi connectivity index (χ3v) is 22.2. The van der Waals surface area contributed by atoms with Crippen LogP contribution in [0.15, 0.2) is 77.6 Å². The van der Waals surface area contributed by atoms with Crippen molar-refractivity contribution in [1.82, 2.24) is 88.2 Å². The maximum absolute atomic E-state index is 14.8. The van der Waals surface area contributed by atoms with Crippen molar-refractivity contribution in [3.05, 3.63) is 89.7 Å². The number of amides is 11. The van der Waals surface area contributed by atoms with Crippen LogP contribution in [0.3, 0.4) is 0 Å². The molecule has 702 valence electrons. The molecule has 1 aliphatic carbocycles. The molecule has 0 spiro atoms. The predicted octanol–water partition coefficient (Wildman–Crippen LogP) is 1.20. The van der Waals surface area contributed by atoms with Crippen LogP contribution in [0, 0.1) is 22.1 Å². The van der Waals surface area contributed by atoms with Gasteiger partial charge in [-0.25, -0.2) is 23.7 Å². The molecule has 0 radical (unpaired) electrons. The number of benzene rings is 3. The zero-order valence-corrected chi connectivity index (χ0v) is 74.3. The molecule has 41 nitrogen and oxygen atoms in total. The molecule has 7 atom stereocenters. The van der Waals surface area contributed by atoms with E-state index in [1.54, 1.807) is 19.9 Å². The van der Waals surface area contributed by atoms with Gasteiger partial charge in [-0.2, -0.15) is 0 Å². The number of Topliss-reactive ketones (excluding diaryl/α,β-unsaturated/α-hetero) is 1. The summed E-state index contributed by atoms with van der Waals surface area (Å²) in [7, 11) is 7.55. The van der Waals surface area contributed by atoms with Crippen LogP contribution in [0.25, 0.3) is 44.5 Å². The molecular formula is C87H128FN26O15+. The number of piperazine rings is 1. The summed E-state index contributed by atoms with van der Waals surface area (Å²) in [6, 6.07) is 9.59. The normalized spacial score (nSPS) is 13.5. The summed E-state index contributed by atoms with van der Waals surface area (Å²) >= 11 is 0. The third kappa shape index (κ3) is 33.3. The van der Waals surface area contributed by atoms with Crippen molar-refractivity contribution in [2.45, 2.75) is 191 Å². The van der Waals surface area contributed by atoms with Gasteiger partial charge < -0.3 is 116 Å². The van der Waals surface area contributed by atoms with E-state index in [1.165, 1.54) is 18.5 Å². The quantitative estimate of drug-likeness (QED) is 0.00838. The van der Waals surface area contributed by atoms with Gasteiger partial charge in [-0.05, 0) is 138 Å². The number of nitrogens with one attached hydrogen (secondary N) is 16. The van der Waals surface area contributed by atoms with Crippen molar-refractivity contribution >= 4 is 128 Å². The molecule has 4 aromatic rings. The molecule has 1 fully saturated rings. The number of halogens is 1. The molecule has 129 heavy (non-hydrogen) atoms. The van der Waals surface area contributed by atoms with Crippen LogP contribution >= 0.6 is 0 Å². The number of aromatic carboxylic acids is 1. The van der Waals surface area contributed by atoms with Crippen LogP contribution < -0.4 is 106 Å². The molecular weight excluding hydrogens is 1670 g/mol. The number of carbonyl (C=O) groups excluding carboxylic acids is 12. The van der Waals surface area contributed by atoms with Crippen LogP contribution in [0.5, 0.6) is 0 Å². The fourth-order valence-corrected chi connectivity index (χ4v) is 14.7. The summed E-state index contributed by atoms with van der Waals surface area (Å²) < 4.78 is 21.4. The Morgan fingerprint density at radius 2 is 1.08 bits per heavy atom. The molecule has 42 heteroatoms. The first-order chi connectivity index (χ1) is 61.7. The Morgan fingerprint density at radius 1 is 0.550 bits per heavy atom. The topological polar surface area (TPSA) is 630 Å². The molecule has 11 amide bonds. The maximum Gasteiger partial charge on any atom is 0.336 e. The van der Waals surface area contributed by atoms with Crippen molar-refractivity contribution in [3.63, 3.8) is 0 Å². The average Bonchev–Trinajstić information content (AvgIpc) is 1.19. The Hall–Kier alpha value is -13.6. The minimum Gasteiger partial charge on any atom is -0.478 e. The molecule has 7 rings (SSSR count). The van der Waals surface area contributed by atoms with Crippen molar-refractivity contribution in [3.8, 4) is 22.5 Å². The van der Waals surface area contributed by atoms with Crippen LogP contribution in [-0.2, 0) is 52.7 Å². The zero-order valence-electron chi connectivity index (χ0n) is 74.3. The van der Waals surface area contributed by atoms with E-state index in [-0.39, 0.29) is 139 Å². The first-order valence-corrected chi connectivity index (χ1v) is 43.8. The number of aromatic amines is 1. The van der Waals surface area contributed by atoms with Crippen LogP contribution in [-0.4, -0.2) is 256 Å². The first kappa shape index (κ1) is 102. The number of nitrogens with two attached hydrogens (primary N) is 4. The standard InChI is InChI=1S/C87H127FN26O15/c1-7-52(2)74(83(126)102-50-56(115)49-88)110-71(118)34-33-70(117)106-64(21-14-16-37-98-79(122)63(22-17-38-99-85(90)91)105-69(116)25-11-9-8-10-12-26-72(119)113-42-44-114(45-43-113)77-60-35-41-96-76(60)103-51-104-77)80(123)108-66(24-19-40-101-87(94)95)82(125)109-65(23-18-39-100-86(92)93)81(124)107-62(75(89)120)20-13-15-36-97-78(121)53-27-30-57(61(46-53)84(127)128)73-58-31-28-54(111(3)4)47-67(58)129-68-48-55(112(5)6)29-32-59(68)73/h27-32,35,41,46-48,51-52,62-66,74H,7-26,33-34,36-40,42-45,49-50H2,1-6H3,(H24-,89,90,91,92,93,94,95,96,97,98,99,100,101,102,103,104,105,106,107,108,109,110,116,117,118,120,121,122,123,124,125,126,127,128)/p+1/t52-,62+,63+,64-,65+,66+,74-/m0/s1. The summed E-state index contributed by atoms with van der Waals surface area (Å²) in [5.41, 5.74) is 26.1. The van der Waals surface area contributed by atoms with Gasteiger partial charge in [0, 0.05) is 145 Å². The molecule has 0 bridgehead atoms. The van der Waals surface area contributed by atoms with Crippen LogP contribution in [0.4, 0.5) is 15.9 Å². The monoisotopic (exact) mass is 1800 g/mol. The summed E-state index contributed by atoms with van der Waals surface area (Å²) in [4.78, 5) is 195. The summed E-state index contributed by atoms with van der Waals surface area (Å²) in [5.74, 6) is -9.91. The van der Waals surface area contributed by atoms with Gasteiger partial charge >= 0.3 is 5.97 Å². The number of hydrogen-bond donors (Lipinski definition) is 21. The Morgan fingerprint density at radius 3 is 1.64 bits per heavy atom. The van der Waals surface area contributed by atoms with Gasteiger partial charge in [-0.15, -0.1) is 0 Å². The number of ketones is 1. The number of guanidine groups is 3. The Labute approximate surface area is 747 Å². The third-order valence-electron chi connectivity index (χ3n) is 22.2. The second-order valence-electron chi connectivity index (χ2n) is 32.4. The van der Waals surface area contributed by atoms with E-state index in [0.717, 1.165) is 40.7 Å². The molecule has 25 N–H and O–H groups in total. The van der Waals surface area contributed by atoms with Crippen molar-refractivity contribution in [1.29, 1.82) is 16.2 Å². The number of carboxylic acids is 1. The van der Waals surface area contributed by atoms with Gasteiger partial charge in [0.15, 0.2) is 23.7 Å². The van der Waals surface area contributed by atoms with Crippen molar-refractivity contribution in [2.75, 3.05) is 110 Å². The molecule has 0 saturated carbocycles. The van der Waals surface area contributed by atoms with E-state index in [9.17, 15) is 71.8 Å². The molecule has 3 aliphatic rings. The van der Waals surface area contributed by atoms with Gasteiger partial charge in [0.1, 0.15) is 86.2 Å². The predicted molar refractivity (Wildman–Crippen MR) is 486 cm³/mol. The minimum atomic E-state index is -1.51. The fourth-order valence-electron chi connectivity index (χ4n) is 14.7. The fraction of sp³-hybridized carbons (Fsp3) is 0.529. The number of primary amides is 1. The number of aromatic nitrogens is 3. The number of rotatable bonds is 55. The second-order valence-corrected chi connectivity index (χ2v) is 32.4. The van der Waals surface area contributed by atoms with E-state index in [0.29, 0.717) is 98.1 Å². The lowest BCUT2D eigenvalue weighted by molar-refractivity contribution is -0.135. The lowest BCUT2D eigenvalue weighted by Crippen LogP contribution is -2.58. The van der Waals surface area contributed by atoms with Gasteiger partial charge in [0.25, 0.3) is 5.91 Å². The zero-order chi connectivity index (χ0) is 94.2. The highest BCUT2D eigenvalue weighted by Gasteiger charge is 2.34. The van der Waals surface area contributed by atoms with Crippen molar-refractivity contribution < 1.29 is 76.2 Å². The lowest BCUT2D eigenvalue weighted by Gasteiger charge is -2.35. The summed E-state index contributed by atoms with van der Waals surface area (Å²) in [5, 5.41) is 68.1. The second kappa shape index (κ2) is 52.5. The maximum atomic E-state index is 14.8. The van der Waals surface area contributed by atoms with Gasteiger partial charge in [0.2, 0.25) is 64.4 Å². The number of alkyl halides is 1. The molecule has 2 aromatic carbocycles. The molecule has 0 unspecified atom stereocenters. The molecule has 1 saturated heterocycles. The Balaban J connectivity index is 0.989. The number of hydrogen-bond acceptors (Lipinski definition) is 21. The average molecular weight is 1800 g/mol. The van der Waals surface area contributed by atoms with Gasteiger partial charge in [-0.1, -0.05) is 45.6 Å². The number of carbonyl (C=O) groups is 13. The van der Waals surface area contributed by atoms with E-state index < -0.39 is 145 Å². The Kier molecular flexibility index (Phi) is 41.7. The molecule has 2 aromatic heterocycles. The highest BCUT2D eigenvalue weighted by atomic mass is 19.1. The van der Waals surface area contributed by atoms with Crippen LogP contribution in [0.1, 0.15) is 176 Å². The van der Waals surface area contributed by atoms with E-state index in [2.05, 4.69) is 83.7 Å². The number of anilines is 2. The van der Waals surface area contributed by atoms with Crippen molar-refractivity contribution in [2.24, 2.45) is 28.9 Å². The first-order valence-electron chi connectivity index (χ1n) is 43.8. The highest BCUT2D eigenvalue weighted by Crippen LogP contribution is 2.42. The summed E-state index contributed by atoms with van der Waals surface area (Å²) in [6.45, 7) is 4.19. The van der Waals surface area contributed by atoms with E-state index >= 15 is 0 Å². The van der Waals surface area contributed by atoms with E-state index in [1.807, 2.05) is 91.2 Å². The minimum absolute atomic E-state index is 0.00404. The smallest absolute Gasteiger partial charge is 0.336 e. The van der Waals surface area contributed by atoms with Gasteiger partial charge in [0.05, 0.1) is 23.6 Å². The van der Waals surface area contributed by atoms with E-state index in [4.69, 9.17) is 43.6 Å². The molecule has 4 heterocycles. The largest absolute Gasteiger partial charge is 0.478 e. The number of fused-ring (bicyclic) bond motifs is 3. The number of H-pyrrole nitrogens is 1. The number of carboxylic acid groups (broad SMARTS) is 1. The summed E-state index contributed by atoms with van der Waals surface area (Å²) in [6.07, 6.45) is 7.42. The van der Waals surface area contributed by atoms with Gasteiger partial charge in [-0.3, -0.25) is 73.8 Å². The highest BCUT2D eigenvalue weighted by molar-refractivity contribution is 6.10. The Bertz CT molecular complexity index is 4950. The number of unbranched alkanes of at least 4 members (excludes halogenated alkanes) is 6. The van der Waals surface area contributed by atoms with Crippen LogP contribution in [0.2, 0.25) is 0 Å². The molecule has 2 aliphatic heterocycles. The number of nitrogens with zero attached hydrogens (tertiary/aromatic N) is 6. The SMILES string of the molecule is CC[C@H](C)[C@H](NC(=O)CCC(=O)N[C@@H](CCCCNC(=O)[C@@H](CCCNC(=N)N)NC(=O)CCCCCCCC(=O)N1CCN(c2ncnc3[nH]ccc23)CC1)C(=O)N[C@H](CCCNC(=N)N)C(=O)N[C@H](CCCNC(=N)N)C(=O)N[C@H](CCCCNC(=O)c1ccc(-c2c3ccc(=[N+](C)C)cc-3oc3cc(N(C)C)ccc23)c(C(=O)O)c1)C(N)=O)C(=O)NCC(=O)CF.